The van der Waals surface area contributed by atoms with Gasteiger partial charge in [0.1, 0.15) is 11.0 Å². The lowest BCUT2D eigenvalue weighted by molar-refractivity contribution is -0.661. The van der Waals surface area contributed by atoms with Crippen LogP contribution < -0.4 is 9.88 Å². The largest absolute Gasteiger partial charge is 0.358 e. The first-order valence-corrected chi connectivity index (χ1v) is 5.66. The molecule has 0 bridgehead atoms. The number of aromatic nitrogens is 2. The van der Waals surface area contributed by atoms with Crippen LogP contribution in [0.25, 0.3) is 11.0 Å². The number of imidazole rings is 1. The maximum Gasteiger partial charge on any atom is 0.358 e. The van der Waals surface area contributed by atoms with Crippen LogP contribution in [0.3, 0.4) is 0 Å². The maximum absolute atomic E-state index is 3.50. The Bertz CT molecular complexity index is 466. The molecule has 0 saturated heterocycles. The summed E-state index contributed by atoms with van der Waals surface area (Å²) in [4.78, 5) is 0. The van der Waals surface area contributed by atoms with E-state index in [0.717, 1.165) is 19.6 Å². The first kappa shape index (κ1) is 8.77. The second-order valence-electron chi connectivity index (χ2n) is 3.99. The molecule has 0 saturated carbocycles. The quantitative estimate of drug-likeness (QED) is 0.699. The highest BCUT2D eigenvalue weighted by Crippen LogP contribution is 2.19. The van der Waals surface area contributed by atoms with Gasteiger partial charge in [0.15, 0.2) is 0 Å². The van der Waals surface area contributed by atoms with Gasteiger partial charge in [-0.05, 0) is 19.1 Å². The normalized spacial score (nSPS) is 15.0. The van der Waals surface area contributed by atoms with Crippen LogP contribution in [0.15, 0.2) is 24.3 Å². The molecule has 0 aliphatic carbocycles. The number of anilines is 1. The van der Waals surface area contributed by atoms with Crippen LogP contribution in [0.5, 0.6) is 0 Å². The van der Waals surface area contributed by atoms with E-state index in [4.69, 9.17) is 0 Å². The number of nitrogens with zero attached hydrogens (tertiary/aromatic N) is 2. The summed E-state index contributed by atoms with van der Waals surface area (Å²) in [5.74, 6) is 1.27. The van der Waals surface area contributed by atoms with Gasteiger partial charge in [-0.15, -0.1) is 0 Å². The summed E-state index contributed by atoms with van der Waals surface area (Å²) >= 11 is 0. The van der Waals surface area contributed by atoms with E-state index in [-0.39, 0.29) is 0 Å². The SMILES string of the molecule is CCn1c2[n+](c3ccccc31)CCCN2. The Morgan fingerprint density at radius 2 is 2.27 bits per heavy atom. The molecule has 3 heteroatoms. The zero-order valence-corrected chi connectivity index (χ0v) is 9.03. The molecule has 2 heterocycles. The van der Waals surface area contributed by atoms with Crippen molar-refractivity contribution >= 4 is 17.0 Å². The van der Waals surface area contributed by atoms with Crippen molar-refractivity contribution in [3.8, 4) is 0 Å². The molecule has 0 atom stereocenters. The van der Waals surface area contributed by atoms with E-state index in [1.54, 1.807) is 0 Å². The predicted molar refractivity (Wildman–Crippen MR) is 60.9 cm³/mol. The molecule has 15 heavy (non-hydrogen) atoms. The van der Waals surface area contributed by atoms with Crippen molar-refractivity contribution in [2.45, 2.75) is 26.4 Å². The highest BCUT2D eigenvalue weighted by Gasteiger charge is 2.24. The molecule has 0 spiro atoms. The number of fused-ring (bicyclic) bond motifs is 3. The molecule has 1 aromatic heterocycles. The van der Waals surface area contributed by atoms with Crippen molar-refractivity contribution in [1.82, 2.24) is 4.57 Å². The number of nitrogens with one attached hydrogen (secondary N) is 1. The smallest absolute Gasteiger partial charge is 0.277 e. The second kappa shape index (κ2) is 3.26. The third-order valence-electron chi connectivity index (χ3n) is 3.13. The Labute approximate surface area is 89.3 Å². The third-order valence-corrected chi connectivity index (χ3v) is 3.13. The van der Waals surface area contributed by atoms with Crippen LogP contribution in [-0.4, -0.2) is 11.1 Å². The molecule has 1 aromatic carbocycles. The molecule has 1 aliphatic heterocycles. The van der Waals surface area contributed by atoms with Crippen molar-refractivity contribution in [3.63, 3.8) is 0 Å². The summed E-state index contributed by atoms with van der Waals surface area (Å²) in [6, 6.07) is 8.63. The molecule has 0 unspecified atom stereocenters. The zero-order chi connectivity index (χ0) is 10.3. The van der Waals surface area contributed by atoms with Crippen molar-refractivity contribution in [1.29, 1.82) is 0 Å². The Morgan fingerprint density at radius 1 is 1.40 bits per heavy atom. The summed E-state index contributed by atoms with van der Waals surface area (Å²) < 4.78 is 4.75. The molecule has 0 amide bonds. The van der Waals surface area contributed by atoms with Crippen LogP contribution in [0.2, 0.25) is 0 Å². The molecular formula is C12H16N3+. The minimum Gasteiger partial charge on any atom is -0.277 e. The van der Waals surface area contributed by atoms with Gasteiger partial charge >= 0.3 is 5.95 Å². The van der Waals surface area contributed by atoms with Crippen molar-refractivity contribution in [3.05, 3.63) is 24.3 Å². The van der Waals surface area contributed by atoms with Crippen molar-refractivity contribution < 1.29 is 4.57 Å². The van der Waals surface area contributed by atoms with Crippen molar-refractivity contribution in [2.24, 2.45) is 0 Å². The fourth-order valence-corrected chi connectivity index (χ4v) is 2.47. The highest BCUT2D eigenvalue weighted by molar-refractivity contribution is 5.74. The first-order valence-electron chi connectivity index (χ1n) is 5.66. The van der Waals surface area contributed by atoms with Crippen LogP contribution >= 0.6 is 0 Å². The molecular weight excluding hydrogens is 186 g/mol. The van der Waals surface area contributed by atoms with Gasteiger partial charge in [0, 0.05) is 6.42 Å². The van der Waals surface area contributed by atoms with Crippen LogP contribution in [0.4, 0.5) is 5.95 Å². The average Bonchev–Trinajstić information content (AvgIpc) is 2.63. The Hall–Kier alpha value is -1.51. The summed E-state index contributed by atoms with van der Waals surface area (Å²) in [7, 11) is 0. The van der Waals surface area contributed by atoms with Crippen LogP contribution in [-0.2, 0) is 13.1 Å². The van der Waals surface area contributed by atoms with Gasteiger partial charge in [-0.1, -0.05) is 12.1 Å². The molecule has 0 fully saturated rings. The van der Waals surface area contributed by atoms with E-state index in [2.05, 4.69) is 45.6 Å². The molecule has 2 aromatic rings. The Morgan fingerprint density at radius 3 is 3.13 bits per heavy atom. The molecule has 0 radical (unpaired) electrons. The van der Waals surface area contributed by atoms with Crippen molar-refractivity contribution in [2.75, 3.05) is 11.9 Å². The standard InChI is InChI=1S/C12H15N3/c1-2-14-10-6-3-4-7-11(10)15-9-5-8-13-12(14)15/h3-4,6-7H,2,5,8-9H2,1H3/p+1. The molecule has 1 aliphatic rings. The molecule has 3 nitrogen and oxygen atoms in total. The molecule has 1 N–H and O–H groups in total. The van der Waals surface area contributed by atoms with Gasteiger partial charge in [0.05, 0.1) is 19.6 Å². The number of rotatable bonds is 1. The van der Waals surface area contributed by atoms with Gasteiger partial charge in [0.25, 0.3) is 0 Å². The van der Waals surface area contributed by atoms with E-state index in [1.165, 1.54) is 23.4 Å². The molecule has 78 valence electrons. The lowest BCUT2D eigenvalue weighted by Gasteiger charge is -2.10. The number of hydrogen-bond acceptors (Lipinski definition) is 1. The lowest BCUT2D eigenvalue weighted by atomic mass is 10.3. The van der Waals surface area contributed by atoms with E-state index in [9.17, 15) is 0 Å². The minimum absolute atomic E-state index is 1.02. The lowest BCUT2D eigenvalue weighted by Crippen LogP contribution is -2.41. The Balaban J connectivity index is 2.37. The highest BCUT2D eigenvalue weighted by atomic mass is 15.3. The predicted octanol–water partition coefficient (Wildman–Crippen LogP) is 1.76. The summed E-state index contributed by atoms with van der Waals surface area (Å²) in [6.45, 7) is 5.45. The van der Waals surface area contributed by atoms with Crippen LogP contribution in [0.1, 0.15) is 13.3 Å². The topological polar surface area (TPSA) is 20.8 Å². The van der Waals surface area contributed by atoms with Crippen LogP contribution in [0, 0.1) is 0 Å². The summed E-state index contributed by atoms with van der Waals surface area (Å²) in [5.41, 5.74) is 2.69. The minimum atomic E-state index is 1.02. The maximum atomic E-state index is 3.50. The number of benzene rings is 1. The summed E-state index contributed by atoms with van der Waals surface area (Å²) in [6.07, 6.45) is 1.22. The average molecular weight is 202 g/mol. The fourth-order valence-electron chi connectivity index (χ4n) is 2.47. The van der Waals surface area contributed by atoms with E-state index in [0.29, 0.717) is 0 Å². The number of para-hydroxylation sites is 2. The second-order valence-corrected chi connectivity index (χ2v) is 3.99. The number of aryl methyl sites for hydroxylation is 2. The first-order chi connectivity index (χ1) is 7.42. The molecule has 3 rings (SSSR count). The monoisotopic (exact) mass is 202 g/mol. The van der Waals surface area contributed by atoms with E-state index in [1.807, 2.05) is 0 Å². The van der Waals surface area contributed by atoms with Gasteiger partial charge in [0.2, 0.25) is 0 Å². The van der Waals surface area contributed by atoms with Gasteiger partial charge in [-0.3, -0.25) is 5.32 Å². The summed E-state index contributed by atoms with van der Waals surface area (Å²) in [5, 5.41) is 3.50. The van der Waals surface area contributed by atoms with Gasteiger partial charge < -0.3 is 0 Å². The number of hydrogen-bond donors (Lipinski definition) is 1. The van der Waals surface area contributed by atoms with Gasteiger partial charge in [-0.25, -0.2) is 9.13 Å². The van der Waals surface area contributed by atoms with Gasteiger partial charge in [-0.2, -0.15) is 0 Å². The van der Waals surface area contributed by atoms with E-state index >= 15 is 0 Å². The fraction of sp³-hybridized carbons (Fsp3) is 0.417. The van der Waals surface area contributed by atoms with E-state index < -0.39 is 0 Å². The third kappa shape index (κ3) is 1.16. The zero-order valence-electron chi connectivity index (χ0n) is 9.03. The Kier molecular flexibility index (Phi) is 1.91.